The minimum Gasteiger partial charge on any atom is -0.455 e. The fraction of sp³-hybridized carbons (Fsp3) is 0.0769. The molecule has 2 aromatic rings. The predicted octanol–water partition coefficient (Wildman–Crippen LogP) is 3.84. The Morgan fingerprint density at radius 3 is 1.80 bits per heavy atom. The zero-order valence-electron chi connectivity index (χ0n) is 8.47. The first-order chi connectivity index (χ1) is 7.36. The van der Waals surface area contributed by atoms with Crippen molar-refractivity contribution >= 4 is 10.9 Å². The highest BCUT2D eigenvalue weighted by Gasteiger charge is 2.19. The molecule has 0 aromatic heterocycles. The highest BCUT2D eigenvalue weighted by molar-refractivity contribution is 8.16. The third-order valence-electron chi connectivity index (χ3n) is 2.67. The molecule has 1 nitrogen and oxygen atoms in total. The van der Waals surface area contributed by atoms with Crippen LogP contribution in [0.25, 0.3) is 0 Å². The molecule has 1 aliphatic heterocycles. The summed E-state index contributed by atoms with van der Waals surface area (Å²) in [4.78, 5) is 2.68. The Morgan fingerprint density at radius 2 is 1.27 bits per heavy atom. The molecule has 0 bridgehead atoms. The van der Waals surface area contributed by atoms with Gasteiger partial charge in [0, 0.05) is 9.79 Å². The second-order valence-corrected chi connectivity index (χ2v) is 5.68. The first kappa shape index (κ1) is 8.86. The maximum absolute atomic E-state index is 5.86. The van der Waals surface area contributed by atoms with Gasteiger partial charge in [0.25, 0.3) is 0 Å². The van der Waals surface area contributed by atoms with Crippen LogP contribution in [0.1, 0.15) is 0 Å². The van der Waals surface area contributed by atoms with E-state index in [1.54, 1.807) is 0 Å². The number of para-hydroxylation sites is 2. The van der Waals surface area contributed by atoms with E-state index in [0.717, 1.165) is 11.5 Å². The smallest absolute Gasteiger partial charge is 0.139 e. The summed E-state index contributed by atoms with van der Waals surface area (Å²) in [7, 11) is -0.248. The highest BCUT2D eigenvalue weighted by Crippen LogP contribution is 2.54. The number of thiol groups is 1. The van der Waals surface area contributed by atoms with Crippen molar-refractivity contribution in [3.8, 4) is 11.5 Å². The Labute approximate surface area is 92.1 Å². The molecule has 0 spiro atoms. The Kier molecular flexibility index (Phi) is 1.96. The SMILES string of the molecule is C[SH]1c2ccccc2Oc2ccccc21. The van der Waals surface area contributed by atoms with Crippen LogP contribution >= 0.6 is 10.9 Å². The van der Waals surface area contributed by atoms with Crippen molar-refractivity contribution in [2.75, 3.05) is 6.26 Å². The molecule has 0 unspecified atom stereocenters. The predicted molar refractivity (Wildman–Crippen MR) is 64.4 cm³/mol. The van der Waals surface area contributed by atoms with Gasteiger partial charge in [-0.05, 0) is 30.5 Å². The van der Waals surface area contributed by atoms with Crippen molar-refractivity contribution in [1.82, 2.24) is 0 Å². The van der Waals surface area contributed by atoms with Gasteiger partial charge in [-0.15, -0.1) is 0 Å². The second kappa shape index (κ2) is 3.31. The fourth-order valence-electron chi connectivity index (χ4n) is 1.89. The number of ether oxygens (including phenoxy) is 1. The van der Waals surface area contributed by atoms with Crippen LogP contribution in [0.2, 0.25) is 0 Å². The molecule has 0 amide bonds. The van der Waals surface area contributed by atoms with Gasteiger partial charge in [0.2, 0.25) is 0 Å². The molecule has 2 aromatic carbocycles. The Bertz CT molecular complexity index is 462. The fourth-order valence-corrected chi connectivity index (χ4v) is 3.67. The molecule has 0 radical (unpaired) electrons. The van der Waals surface area contributed by atoms with Crippen molar-refractivity contribution in [2.45, 2.75) is 9.79 Å². The van der Waals surface area contributed by atoms with Gasteiger partial charge in [0.15, 0.2) is 0 Å². The molecular formula is C13H12OS. The summed E-state index contributed by atoms with van der Waals surface area (Å²) in [6, 6.07) is 16.6. The van der Waals surface area contributed by atoms with Crippen LogP contribution in [-0.4, -0.2) is 6.26 Å². The van der Waals surface area contributed by atoms with Gasteiger partial charge >= 0.3 is 0 Å². The van der Waals surface area contributed by atoms with Crippen molar-refractivity contribution in [2.24, 2.45) is 0 Å². The average molecular weight is 216 g/mol. The molecule has 15 heavy (non-hydrogen) atoms. The van der Waals surface area contributed by atoms with E-state index in [1.807, 2.05) is 24.3 Å². The van der Waals surface area contributed by atoms with E-state index in [2.05, 4.69) is 30.5 Å². The van der Waals surface area contributed by atoms with Crippen LogP contribution in [-0.2, 0) is 0 Å². The van der Waals surface area contributed by atoms with Gasteiger partial charge in [-0.3, -0.25) is 0 Å². The van der Waals surface area contributed by atoms with E-state index in [1.165, 1.54) is 9.79 Å². The minimum atomic E-state index is -0.248. The average Bonchev–Trinajstić information content (AvgIpc) is 2.30. The Balaban J connectivity index is 2.20. The van der Waals surface area contributed by atoms with Gasteiger partial charge in [0.05, 0.1) is 0 Å². The van der Waals surface area contributed by atoms with E-state index in [9.17, 15) is 0 Å². The van der Waals surface area contributed by atoms with Crippen molar-refractivity contribution in [3.63, 3.8) is 0 Å². The lowest BCUT2D eigenvalue weighted by Gasteiger charge is -2.27. The monoisotopic (exact) mass is 216 g/mol. The maximum Gasteiger partial charge on any atom is 0.139 e. The van der Waals surface area contributed by atoms with Gasteiger partial charge in [0.1, 0.15) is 11.5 Å². The normalized spacial score (nSPS) is 15.1. The van der Waals surface area contributed by atoms with Gasteiger partial charge < -0.3 is 4.74 Å². The number of benzene rings is 2. The Hall–Kier alpha value is -1.41. The molecule has 0 N–H and O–H groups in total. The summed E-state index contributed by atoms with van der Waals surface area (Å²) in [5, 5.41) is 0. The van der Waals surface area contributed by atoms with Gasteiger partial charge in [-0.2, -0.15) is 10.9 Å². The molecule has 0 saturated heterocycles. The van der Waals surface area contributed by atoms with Gasteiger partial charge in [-0.25, -0.2) is 0 Å². The summed E-state index contributed by atoms with van der Waals surface area (Å²) in [6.45, 7) is 0. The third kappa shape index (κ3) is 1.33. The van der Waals surface area contributed by atoms with E-state index < -0.39 is 0 Å². The van der Waals surface area contributed by atoms with Crippen molar-refractivity contribution < 1.29 is 4.74 Å². The van der Waals surface area contributed by atoms with Crippen LogP contribution in [0.3, 0.4) is 0 Å². The highest BCUT2D eigenvalue weighted by atomic mass is 32.2. The second-order valence-electron chi connectivity index (χ2n) is 3.60. The van der Waals surface area contributed by atoms with E-state index in [0.29, 0.717) is 0 Å². The van der Waals surface area contributed by atoms with Gasteiger partial charge in [-0.1, -0.05) is 24.3 Å². The number of rotatable bonds is 0. The molecule has 3 rings (SSSR count). The quantitative estimate of drug-likeness (QED) is 0.658. The van der Waals surface area contributed by atoms with E-state index in [4.69, 9.17) is 4.74 Å². The largest absolute Gasteiger partial charge is 0.455 e. The van der Waals surface area contributed by atoms with Crippen molar-refractivity contribution in [1.29, 1.82) is 0 Å². The molecule has 0 atom stereocenters. The first-order valence-electron chi connectivity index (χ1n) is 4.96. The number of fused-ring (bicyclic) bond motifs is 2. The summed E-state index contributed by atoms with van der Waals surface area (Å²) in [6.07, 6.45) is 2.29. The maximum atomic E-state index is 5.86. The molecule has 0 fully saturated rings. The summed E-state index contributed by atoms with van der Waals surface area (Å²) in [5.74, 6) is 2.04. The van der Waals surface area contributed by atoms with Crippen LogP contribution in [0.5, 0.6) is 11.5 Å². The lowest BCUT2D eigenvalue weighted by Crippen LogP contribution is -1.98. The van der Waals surface area contributed by atoms with E-state index in [-0.39, 0.29) is 10.9 Å². The van der Waals surface area contributed by atoms with E-state index >= 15 is 0 Å². The third-order valence-corrected chi connectivity index (χ3v) is 4.86. The lowest BCUT2D eigenvalue weighted by molar-refractivity contribution is 0.454. The summed E-state index contributed by atoms with van der Waals surface area (Å²) >= 11 is 0. The molecule has 2 heteroatoms. The molecule has 0 saturated carbocycles. The number of hydrogen-bond donors (Lipinski definition) is 1. The summed E-state index contributed by atoms with van der Waals surface area (Å²) < 4.78 is 5.86. The first-order valence-corrected chi connectivity index (χ1v) is 6.75. The summed E-state index contributed by atoms with van der Waals surface area (Å²) in [5.41, 5.74) is 0. The minimum absolute atomic E-state index is 0.248. The molecule has 1 heterocycles. The van der Waals surface area contributed by atoms with Crippen LogP contribution in [0, 0.1) is 0 Å². The van der Waals surface area contributed by atoms with Crippen LogP contribution in [0.4, 0.5) is 0 Å². The standard InChI is InChI=1S/C13H12OS/c1-15-12-8-4-2-6-10(12)14-11-7-3-5-9-13(11)15/h2-9,15H,1H3. The Morgan fingerprint density at radius 1 is 0.800 bits per heavy atom. The lowest BCUT2D eigenvalue weighted by atomic mass is 10.3. The molecule has 76 valence electrons. The zero-order valence-corrected chi connectivity index (χ0v) is 9.37. The molecule has 0 aliphatic carbocycles. The molecule has 1 aliphatic rings. The van der Waals surface area contributed by atoms with Crippen molar-refractivity contribution in [3.05, 3.63) is 48.5 Å². The number of hydrogen-bond acceptors (Lipinski definition) is 1. The zero-order chi connectivity index (χ0) is 10.3. The van der Waals surface area contributed by atoms with Crippen LogP contribution < -0.4 is 4.74 Å². The van der Waals surface area contributed by atoms with Crippen LogP contribution in [0.15, 0.2) is 58.3 Å². The topological polar surface area (TPSA) is 9.23 Å². The molecular weight excluding hydrogens is 204 g/mol.